The van der Waals surface area contributed by atoms with E-state index in [-0.39, 0.29) is 5.97 Å². The molecule has 56 heavy (non-hydrogen) atoms. The number of ether oxygens (including phenoxy) is 3. The van der Waals surface area contributed by atoms with Gasteiger partial charge in [-0.05, 0) is 97.8 Å². The lowest BCUT2D eigenvalue weighted by molar-refractivity contribution is -0.156. The van der Waals surface area contributed by atoms with Crippen LogP contribution in [-0.4, -0.2) is 49.1 Å². The minimum atomic E-state index is -1.06. The van der Waals surface area contributed by atoms with Gasteiger partial charge in [-0.1, -0.05) is 160 Å². The molecule has 0 fully saturated rings. The van der Waals surface area contributed by atoms with Crippen LogP contribution in [-0.2, 0) is 23.8 Å². The molecule has 0 bridgehead atoms. The van der Waals surface area contributed by atoms with Gasteiger partial charge in [-0.3, -0.25) is 0 Å². The monoisotopic (exact) mass is 773 g/mol. The van der Waals surface area contributed by atoms with E-state index in [1.165, 1.54) is 0 Å². The molecule has 0 aliphatic rings. The van der Waals surface area contributed by atoms with Crippen molar-refractivity contribution in [2.24, 2.45) is 0 Å². The van der Waals surface area contributed by atoms with E-state index in [9.17, 15) is 14.7 Å². The summed E-state index contributed by atoms with van der Waals surface area (Å²) >= 11 is 0. The Kier molecular flexibility index (Phi) is 45.1. The molecule has 0 aromatic heterocycles. The summed E-state index contributed by atoms with van der Waals surface area (Å²) in [5, 5.41) is 9.52. The third kappa shape index (κ3) is 42.5. The lowest BCUT2D eigenvalue weighted by Crippen LogP contribution is -2.26. The summed E-state index contributed by atoms with van der Waals surface area (Å²) in [4.78, 5) is 23.0. The van der Waals surface area contributed by atoms with Gasteiger partial charge in [0.1, 0.15) is 0 Å². The lowest BCUT2D eigenvalue weighted by atomic mass is 10.2. The van der Waals surface area contributed by atoms with Crippen LogP contribution in [0, 0.1) is 0 Å². The number of rotatable bonds is 32. The highest BCUT2D eigenvalue weighted by atomic mass is 16.6. The van der Waals surface area contributed by atoms with Crippen LogP contribution < -0.4 is 0 Å². The van der Waals surface area contributed by atoms with Crippen molar-refractivity contribution in [3.05, 3.63) is 146 Å². The third-order valence-corrected chi connectivity index (χ3v) is 7.38. The minimum absolute atomic E-state index is 0.283. The van der Waals surface area contributed by atoms with Crippen LogP contribution in [0.1, 0.15) is 125 Å². The fraction of sp³-hybridized carbons (Fsp3) is 0.480. The van der Waals surface area contributed by atoms with Crippen molar-refractivity contribution in [3.8, 4) is 0 Å². The molecule has 0 amide bonds. The van der Waals surface area contributed by atoms with Crippen molar-refractivity contribution in [2.45, 2.75) is 137 Å². The second kappa shape index (κ2) is 46.9. The first-order valence-corrected chi connectivity index (χ1v) is 20.9. The first-order valence-electron chi connectivity index (χ1n) is 20.9. The smallest absolute Gasteiger partial charge is 0.335 e. The summed E-state index contributed by atoms with van der Waals surface area (Å²) < 4.78 is 15.2. The fourth-order valence-corrected chi connectivity index (χ4v) is 4.49. The van der Waals surface area contributed by atoms with Crippen molar-refractivity contribution >= 4 is 11.9 Å². The number of esters is 2. The van der Waals surface area contributed by atoms with Gasteiger partial charge in [0.15, 0.2) is 12.2 Å². The molecule has 6 heteroatoms. The SMILES string of the molecule is CC/C=C\C/C=C\C/C=C\C/C=C\C/C=C\C/C=C\CC(O)C(=O)OCC.CC/C=C\C/C=C\C/C=C\C/C=C\C/C=C\C/C=C\CC(OCC)C(=O)OCC. The van der Waals surface area contributed by atoms with Gasteiger partial charge in [0.2, 0.25) is 0 Å². The molecule has 0 saturated carbocycles. The number of hydrogen-bond acceptors (Lipinski definition) is 6. The highest BCUT2D eigenvalue weighted by Crippen LogP contribution is 2.05. The summed E-state index contributed by atoms with van der Waals surface area (Å²) in [5.74, 6) is -0.842. The predicted molar refractivity (Wildman–Crippen MR) is 240 cm³/mol. The van der Waals surface area contributed by atoms with Crippen molar-refractivity contribution in [2.75, 3.05) is 19.8 Å². The van der Waals surface area contributed by atoms with Crippen molar-refractivity contribution in [3.63, 3.8) is 0 Å². The van der Waals surface area contributed by atoms with E-state index in [0.717, 1.165) is 77.0 Å². The summed E-state index contributed by atoms with van der Waals surface area (Å²) in [6, 6.07) is 0. The Balaban J connectivity index is 0. The van der Waals surface area contributed by atoms with Gasteiger partial charge in [-0.15, -0.1) is 0 Å². The number of aliphatic hydroxyl groups is 1. The maximum Gasteiger partial charge on any atom is 0.335 e. The molecule has 0 rings (SSSR count). The number of carbonyl (C=O) groups excluding carboxylic acids is 2. The van der Waals surface area contributed by atoms with E-state index in [1.807, 2.05) is 19.1 Å². The zero-order valence-corrected chi connectivity index (χ0v) is 35.5. The Labute approximate surface area is 342 Å². The van der Waals surface area contributed by atoms with Gasteiger partial charge in [0.05, 0.1) is 13.2 Å². The van der Waals surface area contributed by atoms with E-state index in [4.69, 9.17) is 14.2 Å². The largest absolute Gasteiger partial charge is 0.464 e. The lowest BCUT2D eigenvalue weighted by Gasteiger charge is -2.13. The van der Waals surface area contributed by atoms with Crippen LogP contribution >= 0.6 is 0 Å². The zero-order valence-electron chi connectivity index (χ0n) is 35.5. The van der Waals surface area contributed by atoms with E-state index in [1.54, 1.807) is 19.9 Å². The Morgan fingerprint density at radius 3 is 0.929 bits per heavy atom. The number of carbonyl (C=O) groups is 2. The Morgan fingerprint density at radius 2 is 0.643 bits per heavy atom. The number of hydrogen-bond donors (Lipinski definition) is 1. The summed E-state index contributed by atoms with van der Waals surface area (Å²) in [6.45, 7) is 10.9. The average Bonchev–Trinajstić information content (AvgIpc) is 3.19. The van der Waals surface area contributed by atoms with Crippen LogP contribution in [0.2, 0.25) is 0 Å². The molecule has 0 spiro atoms. The summed E-state index contributed by atoms with van der Waals surface area (Å²) in [6.07, 6.45) is 62.3. The van der Waals surface area contributed by atoms with Gasteiger partial charge in [0.25, 0.3) is 0 Å². The highest BCUT2D eigenvalue weighted by Gasteiger charge is 2.17. The molecule has 312 valence electrons. The van der Waals surface area contributed by atoms with Crippen LogP contribution in [0.15, 0.2) is 146 Å². The Hall–Kier alpha value is -4.26. The fourth-order valence-electron chi connectivity index (χ4n) is 4.49. The molecule has 6 nitrogen and oxygen atoms in total. The van der Waals surface area contributed by atoms with Crippen LogP contribution in [0.4, 0.5) is 0 Å². The van der Waals surface area contributed by atoms with Gasteiger partial charge in [-0.25, -0.2) is 9.59 Å². The van der Waals surface area contributed by atoms with Crippen molar-refractivity contribution < 1.29 is 28.9 Å². The molecule has 0 aliphatic heterocycles. The molecule has 0 aromatic carbocycles. The van der Waals surface area contributed by atoms with E-state index < -0.39 is 18.2 Å². The van der Waals surface area contributed by atoms with Gasteiger partial charge in [-0.2, -0.15) is 0 Å². The second-order valence-corrected chi connectivity index (χ2v) is 12.3. The first-order chi connectivity index (χ1) is 27.5. The van der Waals surface area contributed by atoms with Crippen LogP contribution in [0.5, 0.6) is 0 Å². The van der Waals surface area contributed by atoms with Crippen LogP contribution in [0.25, 0.3) is 0 Å². The van der Waals surface area contributed by atoms with E-state index in [0.29, 0.717) is 32.7 Å². The van der Waals surface area contributed by atoms with Crippen LogP contribution in [0.3, 0.4) is 0 Å². The van der Waals surface area contributed by atoms with Gasteiger partial charge in [0, 0.05) is 19.4 Å². The number of allylic oxidation sites excluding steroid dienone is 22. The highest BCUT2D eigenvalue weighted by molar-refractivity contribution is 5.75. The second-order valence-electron chi connectivity index (χ2n) is 12.3. The standard InChI is InChI=1S/C26H40O3.C24H36O3/c1-4-7-8-9-10-11-12-13-14-15-16-17-18-19-20-21-22-23-24-25(28-5-2)26(27)29-6-3;1-3-5-6-7-8-9-10-11-12-13-14-15-16-17-18-19-20-21-22-23(25)24(26)27-4-2/h7-8,10-11,13-14,16-17,19-20,22-23,25H,4-6,9,12,15,18,21,24H2,1-3H3;5-6,8-9,11-12,14-15,17-18,20-21,23,25H,3-4,7,10,13,16,19,22H2,1-2H3/b8-7-,11-10-,14-13-,17-16-,20-19-,23-22-;6-5-,9-8-,12-11-,15-14-,18-17-,21-20-. The normalized spacial score (nSPS) is 14.0. The third-order valence-electron chi connectivity index (χ3n) is 7.38. The van der Waals surface area contributed by atoms with Gasteiger partial charge >= 0.3 is 11.9 Å². The minimum Gasteiger partial charge on any atom is -0.464 e. The van der Waals surface area contributed by atoms with Crippen molar-refractivity contribution in [1.82, 2.24) is 0 Å². The molecule has 0 heterocycles. The predicted octanol–water partition coefficient (Wildman–Crippen LogP) is 13.0. The maximum atomic E-state index is 11.7. The van der Waals surface area contributed by atoms with Crippen molar-refractivity contribution in [1.29, 1.82) is 0 Å². The summed E-state index contributed by atoms with van der Waals surface area (Å²) in [7, 11) is 0. The molecule has 2 unspecified atom stereocenters. The maximum absolute atomic E-state index is 11.7. The first kappa shape index (κ1) is 53.8. The molecule has 0 aliphatic carbocycles. The molecular formula is C50H76O6. The molecule has 1 N–H and O–H groups in total. The number of aliphatic hydroxyl groups excluding tert-OH is 1. The topological polar surface area (TPSA) is 82.1 Å². The molecule has 2 atom stereocenters. The van der Waals surface area contributed by atoms with E-state index >= 15 is 0 Å². The molecular weight excluding hydrogens is 697 g/mol. The molecule has 0 aromatic rings. The van der Waals surface area contributed by atoms with Gasteiger partial charge < -0.3 is 19.3 Å². The van der Waals surface area contributed by atoms with E-state index in [2.05, 4.69) is 141 Å². The average molecular weight is 773 g/mol. The zero-order chi connectivity index (χ0) is 41.4. The summed E-state index contributed by atoms with van der Waals surface area (Å²) in [5.41, 5.74) is 0. The Morgan fingerprint density at radius 1 is 0.375 bits per heavy atom. The molecule has 0 saturated heterocycles. The Bertz CT molecular complexity index is 1270. The quantitative estimate of drug-likeness (QED) is 0.0542. The molecule has 0 radical (unpaired) electrons.